The first-order chi connectivity index (χ1) is 8.65. The van der Waals surface area contributed by atoms with Crippen LogP contribution in [0.4, 0.5) is 10.5 Å². The zero-order valence-electron chi connectivity index (χ0n) is 11.1. The van der Waals surface area contributed by atoms with Gasteiger partial charge in [-0.25, -0.2) is 4.79 Å². The first kappa shape index (κ1) is 12.9. The zero-order valence-corrected chi connectivity index (χ0v) is 11.1. The molecule has 0 aromatic heterocycles. The van der Waals surface area contributed by atoms with Gasteiger partial charge in [0.15, 0.2) is 0 Å². The van der Waals surface area contributed by atoms with E-state index in [9.17, 15) is 4.79 Å². The second kappa shape index (κ2) is 5.89. The number of benzene rings is 1. The number of rotatable bonds is 2. The van der Waals surface area contributed by atoms with E-state index in [1.54, 1.807) is 0 Å². The Kier molecular flexibility index (Phi) is 4.24. The van der Waals surface area contributed by atoms with E-state index in [1.165, 1.54) is 12.0 Å². The fraction of sp³-hybridized carbons (Fsp3) is 0.533. The molecule has 3 heteroatoms. The monoisotopic (exact) mass is 247 g/mol. The van der Waals surface area contributed by atoms with Gasteiger partial charge in [0.1, 0.15) is 6.10 Å². The molecular weight excluding hydrogens is 226 g/mol. The molecule has 0 heterocycles. The molecule has 0 saturated heterocycles. The molecule has 98 valence electrons. The van der Waals surface area contributed by atoms with E-state index in [0.29, 0.717) is 5.92 Å². The van der Waals surface area contributed by atoms with Crippen molar-refractivity contribution in [3.63, 3.8) is 0 Å². The molecule has 3 nitrogen and oxygen atoms in total. The highest BCUT2D eigenvalue weighted by Crippen LogP contribution is 2.26. The third kappa shape index (κ3) is 3.49. The van der Waals surface area contributed by atoms with Crippen molar-refractivity contribution in [3.05, 3.63) is 29.8 Å². The van der Waals surface area contributed by atoms with E-state index in [-0.39, 0.29) is 12.2 Å². The predicted molar refractivity (Wildman–Crippen MR) is 72.7 cm³/mol. The minimum Gasteiger partial charge on any atom is -0.446 e. The van der Waals surface area contributed by atoms with E-state index >= 15 is 0 Å². The SMILES string of the molecule is Cc1ccc(NC(=O)O[C@H]2CCCC[C@H]2C)cc1. The van der Waals surface area contributed by atoms with Crippen LogP contribution in [0, 0.1) is 12.8 Å². The average Bonchev–Trinajstić information content (AvgIpc) is 2.35. The van der Waals surface area contributed by atoms with Gasteiger partial charge in [-0.3, -0.25) is 5.32 Å². The number of anilines is 1. The second-order valence-electron chi connectivity index (χ2n) is 5.20. The normalized spacial score (nSPS) is 23.4. The van der Waals surface area contributed by atoms with Gasteiger partial charge in [-0.05, 0) is 44.2 Å². The first-order valence-electron chi connectivity index (χ1n) is 6.69. The van der Waals surface area contributed by atoms with Crippen LogP contribution in [0.25, 0.3) is 0 Å². The molecule has 2 rings (SSSR count). The maximum Gasteiger partial charge on any atom is 0.411 e. The van der Waals surface area contributed by atoms with Crippen LogP contribution in [0.5, 0.6) is 0 Å². The highest BCUT2D eigenvalue weighted by Gasteiger charge is 2.24. The predicted octanol–water partition coefficient (Wildman–Crippen LogP) is 4.12. The Balaban J connectivity index is 1.86. The molecule has 0 aliphatic heterocycles. The van der Waals surface area contributed by atoms with Crippen molar-refractivity contribution in [2.45, 2.75) is 45.6 Å². The smallest absolute Gasteiger partial charge is 0.411 e. The van der Waals surface area contributed by atoms with Gasteiger partial charge in [0, 0.05) is 5.69 Å². The molecule has 18 heavy (non-hydrogen) atoms. The van der Waals surface area contributed by atoms with E-state index in [0.717, 1.165) is 24.9 Å². The van der Waals surface area contributed by atoms with Gasteiger partial charge in [0.05, 0.1) is 0 Å². The summed E-state index contributed by atoms with van der Waals surface area (Å²) >= 11 is 0. The molecule has 1 saturated carbocycles. The largest absolute Gasteiger partial charge is 0.446 e. The minimum atomic E-state index is -0.336. The molecule has 1 aromatic carbocycles. The van der Waals surface area contributed by atoms with Gasteiger partial charge in [-0.1, -0.05) is 31.0 Å². The third-order valence-corrected chi connectivity index (χ3v) is 3.59. The Labute approximate surface area is 109 Å². The molecule has 2 atom stereocenters. The van der Waals surface area contributed by atoms with Crippen molar-refractivity contribution < 1.29 is 9.53 Å². The molecule has 1 aliphatic rings. The topological polar surface area (TPSA) is 38.3 Å². The number of hydrogen-bond acceptors (Lipinski definition) is 2. The number of nitrogens with one attached hydrogen (secondary N) is 1. The van der Waals surface area contributed by atoms with E-state index in [1.807, 2.05) is 31.2 Å². The van der Waals surface area contributed by atoms with E-state index in [2.05, 4.69) is 12.2 Å². The summed E-state index contributed by atoms with van der Waals surface area (Å²) in [4.78, 5) is 11.8. The second-order valence-corrected chi connectivity index (χ2v) is 5.20. The summed E-state index contributed by atoms with van der Waals surface area (Å²) in [6, 6.07) is 7.72. The highest BCUT2D eigenvalue weighted by molar-refractivity contribution is 5.84. The minimum absolute atomic E-state index is 0.0733. The van der Waals surface area contributed by atoms with Crippen LogP contribution >= 0.6 is 0 Å². The van der Waals surface area contributed by atoms with Crippen molar-refractivity contribution in [1.29, 1.82) is 0 Å². The van der Waals surface area contributed by atoms with Crippen LogP contribution in [-0.4, -0.2) is 12.2 Å². The highest BCUT2D eigenvalue weighted by atomic mass is 16.6. The Hall–Kier alpha value is -1.51. The molecule has 1 fully saturated rings. The van der Waals surface area contributed by atoms with Crippen LogP contribution in [0.2, 0.25) is 0 Å². The zero-order chi connectivity index (χ0) is 13.0. The lowest BCUT2D eigenvalue weighted by Crippen LogP contribution is -2.30. The summed E-state index contributed by atoms with van der Waals surface area (Å²) < 4.78 is 5.49. The van der Waals surface area contributed by atoms with Crippen LogP contribution < -0.4 is 5.32 Å². The number of carbonyl (C=O) groups is 1. The van der Waals surface area contributed by atoms with Crippen molar-refractivity contribution in [3.8, 4) is 0 Å². The maximum atomic E-state index is 11.8. The molecule has 0 spiro atoms. The van der Waals surface area contributed by atoms with Crippen LogP contribution in [-0.2, 0) is 4.74 Å². The molecule has 1 amide bonds. The van der Waals surface area contributed by atoms with Crippen LogP contribution in [0.3, 0.4) is 0 Å². The summed E-state index contributed by atoms with van der Waals surface area (Å²) in [6.45, 7) is 4.18. The molecule has 0 unspecified atom stereocenters. The summed E-state index contributed by atoms with van der Waals surface area (Å²) in [5, 5.41) is 2.78. The Morgan fingerprint density at radius 1 is 1.22 bits per heavy atom. The van der Waals surface area contributed by atoms with Gasteiger partial charge < -0.3 is 4.74 Å². The van der Waals surface area contributed by atoms with Gasteiger partial charge in [-0.2, -0.15) is 0 Å². The van der Waals surface area contributed by atoms with Crippen LogP contribution in [0.15, 0.2) is 24.3 Å². The molecule has 0 radical (unpaired) electrons. The standard InChI is InChI=1S/C15H21NO2/c1-11-7-9-13(10-8-11)16-15(17)18-14-6-4-3-5-12(14)2/h7-10,12,14H,3-6H2,1-2H3,(H,16,17)/t12-,14+/m1/s1. The summed E-state index contributed by atoms with van der Waals surface area (Å²) in [5.41, 5.74) is 1.96. The van der Waals surface area contributed by atoms with Crippen molar-refractivity contribution in [2.75, 3.05) is 5.32 Å². The fourth-order valence-electron chi connectivity index (χ4n) is 2.38. The molecule has 1 N–H and O–H groups in total. The van der Waals surface area contributed by atoms with E-state index < -0.39 is 0 Å². The number of amides is 1. The maximum absolute atomic E-state index is 11.8. The third-order valence-electron chi connectivity index (χ3n) is 3.59. The first-order valence-corrected chi connectivity index (χ1v) is 6.69. The van der Waals surface area contributed by atoms with Crippen molar-refractivity contribution >= 4 is 11.8 Å². The van der Waals surface area contributed by atoms with Gasteiger partial charge in [0.2, 0.25) is 0 Å². The summed E-state index contributed by atoms with van der Waals surface area (Å²) in [5.74, 6) is 0.475. The van der Waals surface area contributed by atoms with E-state index in [4.69, 9.17) is 4.74 Å². The van der Waals surface area contributed by atoms with Gasteiger partial charge in [0.25, 0.3) is 0 Å². The number of carbonyl (C=O) groups excluding carboxylic acids is 1. The van der Waals surface area contributed by atoms with Gasteiger partial charge in [-0.15, -0.1) is 0 Å². The fourth-order valence-corrected chi connectivity index (χ4v) is 2.38. The lowest BCUT2D eigenvalue weighted by Gasteiger charge is -2.28. The number of ether oxygens (including phenoxy) is 1. The van der Waals surface area contributed by atoms with Crippen LogP contribution in [0.1, 0.15) is 38.2 Å². The quantitative estimate of drug-likeness (QED) is 0.853. The van der Waals surface area contributed by atoms with Crippen molar-refractivity contribution in [1.82, 2.24) is 0 Å². The number of hydrogen-bond donors (Lipinski definition) is 1. The average molecular weight is 247 g/mol. The molecule has 1 aromatic rings. The lowest BCUT2D eigenvalue weighted by molar-refractivity contribution is 0.0524. The summed E-state index contributed by atoms with van der Waals surface area (Å²) in [7, 11) is 0. The Bertz CT molecular complexity index is 399. The lowest BCUT2D eigenvalue weighted by atomic mass is 9.88. The Morgan fingerprint density at radius 3 is 2.56 bits per heavy atom. The van der Waals surface area contributed by atoms with Crippen molar-refractivity contribution in [2.24, 2.45) is 5.92 Å². The van der Waals surface area contributed by atoms with Gasteiger partial charge >= 0.3 is 6.09 Å². The Morgan fingerprint density at radius 2 is 1.89 bits per heavy atom. The molecular formula is C15H21NO2. The summed E-state index contributed by atoms with van der Waals surface area (Å²) in [6.07, 6.45) is 4.29. The number of aryl methyl sites for hydroxylation is 1. The molecule has 0 bridgehead atoms. The molecule has 1 aliphatic carbocycles.